The molecule has 1 rings (SSSR count). The molecule has 0 aromatic rings. The Morgan fingerprint density at radius 1 is 1.18 bits per heavy atom. The number of nitriles is 4. The Morgan fingerprint density at radius 3 is 2.00 bits per heavy atom. The molecule has 17 heavy (non-hydrogen) atoms. The molecule has 0 amide bonds. The van der Waals surface area contributed by atoms with E-state index in [1.165, 1.54) is 24.4 Å². The zero-order chi connectivity index (χ0) is 12.4. The average molecular weight is 235 g/mol. The summed E-state index contributed by atoms with van der Waals surface area (Å²) in [7, 11) is 0. The number of carbonyl (C=O) groups excluding carboxylic acids is 1. The van der Waals surface area contributed by atoms with Crippen molar-refractivity contribution in [3.05, 3.63) is 12.3 Å². The van der Waals surface area contributed by atoms with E-state index in [4.69, 9.17) is 21.0 Å². The molecule has 0 saturated carbocycles. The van der Waals surface area contributed by atoms with E-state index in [2.05, 4.69) is 0 Å². The predicted octanol–water partition coefficient (Wildman–Crippen LogP) is -4.65. The van der Waals surface area contributed by atoms with Gasteiger partial charge in [-0.05, 0) is 6.08 Å². The van der Waals surface area contributed by atoms with Gasteiger partial charge in [0.25, 0.3) is 0 Å². The van der Waals surface area contributed by atoms with Crippen LogP contribution in [0.25, 0.3) is 0 Å². The van der Waals surface area contributed by atoms with Crippen molar-refractivity contribution in [1.29, 1.82) is 21.0 Å². The van der Waals surface area contributed by atoms with E-state index in [-0.39, 0.29) is 29.6 Å². The largest absolute Gasteiger partial charge is 1.00 e. The van der Waals surface area contributed by atoms with Crippen LogP contribution in [0.15, 0.2) is 12.3 Å². The molecule has 0 aromatic carbocycles. The van der Waals surface area contributed by atoms with Gasteiger partial charge in [-0.2, -0.15) is 21.0 Å². The van der Waals surface area contributed by atoms with Crippen molar-refractivity contribution >= 4 is 5.97 Å². The molecule has 0 spiro atoms. The van der Waals surface area contributed by atoms with Gasteiger partial charge in [-0.1, -0.05) is 0 Å². The molecule has 1 heterocycles. The number of hydrogen-bond acceptors (Lipinski definition) is 7. The second-order valence-corrected chi connectivity index (χ2v) is 2.93. The van der Waals surface area contributed by atoms with Gasteiger partial charge in [-0.25, -0.2) is 0 Å². The van der Waals surface area contributed by atoms with E-state index in [0.29, 0.717) is 4.90 Å². The molecule has 0 aliphatic carbocycles. The predicted molar refractivity (Wildman–Crippen MR) is 43.6 cm³/mol. The minimum Gasteiger partial charge on any atom is -0.546 e. The van der Waals surface area contributed by atoms with Gasteiger partial charge in [0.05, 0.1) is 18.1 Å². The minimum atomic E-state index is -2.63. The summed E-state index contributed by atoms with van der Waals surface area (Å²) in [6, 6.07) is 4.17. The Bertz CT molecular complexity index is 530. The minimum absolute atomic E-state index is 0. The van der Waals surface area contributed by atoms with E-state index in [1.807, 2.05) is 0 Å². The Balaban J connectivity index is 0.00000256. The monoisotopic (exact) mass is 235 g/mol. The molecule has 0 bridgehead atoms. The number of carboxylic acid groups (broad SMARTS) is 1. The molecule has 0 saturated heterocycles. The molecule has 0 fully saturated rings. The van der Waals surface area contributed by atoms with Crippen molar-refractivity contribution in [2.75, 3.05) is 0 Å². The van der Waals surface area contributed by atoms with Crippen LogP contribution in [0, 0.1) is 50.9 Å². The van der Waals surface area contributed by atoms with Crippen LogP contribution in [-0.4, -0.2) is 16.4 Å². The zero-order valence-electron chi connectivity index (χ0n) is 8.71. The van der Waals surface area contributed by atoms with E-state index < -0.39 is 16.9 Å². The van der Waals surface area contributed by atoms with Gasteiger partial charge in [0.1, 0.15) is 6.07 Å². The molecule has 0 aromatic heterocycles. The normalized spacial score (nSPS) is 23.4. The second kappa shape index (κ2) is 4.87. The maximum atomic E-state index is 11.0. The Labute approximate surface area is 119 Å². The summed E-state index contributed by atoms with van der Waals surface area (Å²) < 4.78 is 0. The van der Waals surface area contributed by atoms with Crippen LogP contribution in [0.1, 0.15) is 0 Å². The van der Waals surface area contributed by atoms with Gasteiger partial charge in [0.2, 0.25) is 11.0 Å². The zero-order valence-corrected chi connectivity index (χ0v) is 10.7. The fourth-order valence-electron chi connectivity index (χ4n) is 1.43. The fraction of sp³-hybridized carbons (Fsp3) is 0.222. The Kier molecular flexibility index (Phi) is 4.29. The van der Waals surface area contributed by atoms with Crippen molar-refractivity contribution in [3.8, 4) is 24.4 Å². The number of carbonyl (C=O) groups is 1. The summed E-state index contributed by atoms with van der Waals surface area (Å²) in [6.07, 6.45) is 3.22. The van der Waals surface area contributed by atoms with Crippen LogP contribution in [-0.2, 0) is 4.79 Å². The van der Waals surface area contributed by atoms with Crippen LogP contribution < -0.4 is 34.7 Å². The SMILES string of the molecule is N#CN1C=CC(C#N)(C#N)C1(C#N)C(=O)[O-].[Na+]. The van der Waals surface area contributed by atoms with Gasteiger partial charge in [-0.3, -0.25) is 4.90 Å². The van der Waals surface area contributed by atoms with Crippen LogP contribution in [0.3, 0.4) is 0 Å². The Hall–Kier alpha value is -2.03. The standard InChI is InChI=1S/C9H3N5O2.Na/c10-3-8(4-11)1-2-14(6-13)9(8,5-12)7(15)16;/h1-2H,(H,15,16);/q;+1/p-1. The molecule has 1 aliphatic heterocycles. The van der Waals surface area contributed by atoms with E-state index in [0.717, 1.165) is 12.3 Å². The maximum Gasteiger partial charge on any atom is 1.00 e. The van der Waals surface area contributed by atoms with Gasteiger partial charge in [-0.15, -0.1) is 0 Å². The first-order chi connectivity index (χ1) is 7.54. The molecule has 1 aliphatic rings. The summed E-state index contributed by atoms with van der Waals surface area (Å²) in [5, 5.41) is 46.2. The maximum absolute atomic E-state index is 11.0. The number of hydrogen-bond donors (Lipinski definition) is 0. The number of carboxylic acids is 1. The van der Waals surface area contributed by atoms with Crippen LogP contribution in [0.2, 0.25) is 0 Å². The molecule has 8 heteroatoms. The summed E-state index contributed by atoms with van der Waals surface area (Å²) in [4.78, 5) is 11.4. The van der Waals surface area contributed by atoms with Crippen molar-refractivity contribution in [2.24, 2.45) is 5.41 Å². The molecular weight excluding hydrogens is 233 g/mol. The van der Waals surface area contributed by atoms with Crippen LogP contribution in [0.4, 0.5) is 0 Å². The summed E-state index contributed by atoms with van der Waals surface area (Å²) in [5.41, 5.74) is -4.89. The molecule has 76 valence electrons. The van der Waals surface area contributed by atoms with E-state index in [9.17, 15) is 9.90 Å². The molecule has 0 radical (unpaired) electrons. The number of rotatable bonds is 1. The fourth-order valence-corrected chi connectivity index (χ4v) is 1.43. The number of nitrogens with zero attached hydrogens (tertiary/aromatic N) is 5. The summed E-state index contributed by atoms with van der Waals surface area (Å²) >= 11 is 0. The van der Waals surface area contributed by atoms with E-state index in [1.54, 1.807) is 0 Å². The molecular formula is C9H2N5NaO2. The van der Waals surface area contributed by atoms with Gasteiger partial charge in [0, 0.05) is 6.20 Å². The summed E-state index contributed by atoms with van der Waals surface area (Å²) in [5.74, 6) is -1.97. The van der Waals surface area contributed by atoms with Gasteiger partial charge >= 0.3 is 29.6 Å². The quantitative estimate of drug-likeness (QED) is 0.329. The first kappa shape index (κ1) is 15.0. The molecule has 7 nitrogen and oxygen atoms in total. The third kappa shape index (κ3) is 1.55. The number of aliphatic carboxylic acids is 1. The average Bonchev–Trinajstić information content (AvgIpc) is 2.63. The van der Waals surface area contributed by atoms with Crippen LogP contribution >= 0.6 is 0 Å². The second-order valence-electron chi connectivity index (χ2n) is 2.93. The summed E-state index contributed by atoms with van der Waals surface area (Å²) in [6.45, 7) is 0. The molecule has 0 N–H and O–H groups in total. The third-order valence-corrected chi connectivity index (χ3v) is 2.32. The van der Waals surface area contributed by atoms with Crippen molar-refractivity contribution in [1.82, 2.24) is 4.90 Å². The molecule has 1 atom stereocenters. The van der Waals surface area contributed by atoms with Gasteiger partial charge < -0.3 is 9.90 Å². The Morgan fingerprint density at radius 2 is 1.71 bits per heavy atom. The first-order valence-corrected chi connectivity index (χ1v) is 3.88. The third-order valence-electron chi connectivity index (χ3n) is 2.32. The van der Waals surface area contributed by atoms with Crippen molar-refractivity contribution in [2.45, 2.75) is 5.54 Å². The topological polar surface area (TPSA) is 139 Å². The first-order valence-electron chi connectivity index (χ1n) is 3.88. The molecule has 1 unspecified atom stereocenters. The van der Waals surface area contributed by atoms with Crippen molar-refractivity contribution < 1.29 is 39.5 Å². The van der Waals surface area contributed by atoms with Crippen molar-refractivity contribution in [3.63, 3.8) is 0 Å². The van der Waals surface area contributed by atoms with Gasteiger partial charge in [0.15, 0.2) is 6.19 Å². The smallest absolute Gasteiger partial charge is 0.546 e. The van der Waals surface area contributed by atoms with E-state index >= 15 is 0 Å². The van der Waals surface area contributed by atoms with Crippen LogP contribution in [0.5, 0.6) is 0 Å².